The Morgan fingerprint density at radius 3 is 2.58 bits per heavy atom. The van der Waals surface area contributed by atoms with Crippen molar-refractivity contribution in [1.29, 1.82) is 0 Å². The number of hydrogen-bond donors (Lipinski definition) is 0. The van der Waals surface area contributed by atoms with Gasteiger partial charge in [0.05, 0.1) is 6.54 Å². The van der Waals surface area contributed by atoms with Gasteiger partial charge in [0, 0.05) is 45.6 Å². The van der Waals surface area contributed by atoms with Crippen LogP contribution >= 0.6 is 0 Å². The van der Waals surface area contributed by atoms with Crippen LogP contribution in [0, 0.1) is 0 Å². The second kappa shape index (κ2) is 7.53. The summed E-state index contributed by atoms with van der Waals surface area (Å²) in [5.74, 6) is 0. The SMILES string of the molecule is CN(CCc1ccccc1)CCN1CC2(CCN(C)CC2)OC1=O. The molecule has 2 aliphatic heterocycles. The number of carbonyl (C=O) groups is 1. The molecule has 2 fully saturated rings. The summed E-state index contributed by atoms with van der Waals surface area (Å²) in [6, 6.07) is 10.5. The van der Waals surface area contributed by atoms with E-state index in [0.29, 0.717) is 0 Å². The molecule has 132 valence electrons. The van der Waals surface area contributed by atoms with Gasteiger partial charge in [-0.05, 0) is 26.1 Å². The van der Waals surface area contributed by atoms with Crippen molar-refractivity contribution >= 4 is 6.09 Å². The van der Waals surface area contributed by atoms with Crippen LogP contribution in [0.25, 0.3) is 0 Å². The first-order valence-corrected chi connectivity index (χ1v) is 8.95. The van der Waals surface area contributed by atoms with Crippen molar-refractivity contribution < 1.29 is 9.53 Å². The summed E-state index contributed by atoms with van der Waals surface area (Å²) in [6.45, 7) is 5.42. The van der Waals surface area contributed by atoms with E-state index in [2.05, 4.69) is 48.2 Å². The fourth-order valence-corrected chi connectivity index (χ4v) is 3.52. The first-order valence-electron chi connectivity index (χ1n) is 8.95. The van der Waals surface area contributed by atoms with E-state index in [1.807, 2.05) is 11.0 Å². The van der Waals surface area contributed by atoms with Crippen molar-refractivity contribution in [3.63, 3.8) is 0 Å². The summed E-state index contributed by atoms with van der Waals surface area (Å²) in [5, 5.41) is 0. The molecule has 5 nitrogen and oxygen atoms in total. The first kappa shape index (κ1) is 17.2. The minimum atomic E-state index is -0.230. The molecule has 2 saturated heterocycles. The minimum absolute atomic E-state index is 0.129. The van der Waals surface area contributed by atoms with E-state index >= 15 is 0 Å². The van der Waals surface area contributed by atoms with E-state index < -0.39 is 0 Å². The third-order valence-electron chi connectivity index (χ3n) is 5.32. The lowest BCUT2D eigenvalue weighted by molar-refractivity contribution is 0.00658. The number of benzene rings is 1. The number of ether oxygens (including phenoxy) is 1. The molecule has 0 N–H and O–H groups in total. The first-order chi connectivity index (χ1) is 11.6. The lowest BCUT2D eigenvalue weighted by Gasteiger charge is -2.35. The van der Waals surface area contributed by atoms with Crippen molar-refractivity contribution in [2.24, 2.45) is 0 Å². The van der Waals surface area contributed by atoms with E-state index in [9.17, 15) is 4.79 Å². The van der Waals surface area contributed by atoms with Gasteiger partial charge in [-0.1, -0.05) is 30.3 Å². The highest BCUT2D eigenvalue weighted by atomic mass is 16.6. The zero-order valence-electron chi connectivity index (χ0n) is 14.9. The van der Waals surface area contributed by atoms with Gasteiger partial charge in [0.15, 0.2) is 0 Å². The third-order valence-corrected chi connectivity index (χ3v) is 5.32. The van der Waals surface area contributed by atoms with Gasteiger partial charge in [0.2, 0.25) is 0 Å². The lowest BCUT2D eigenvalue weighted by atomic mass is 9.91. The topological polar surface area (TPSA) is 36.0 Å². The maximum Gasteiger partial charge on any atom is 0.410 e. The predicted molar refractivity (Wildman–Crippen MR) is 95.2 cm³/mol. The fourth-order valence-electron chi connectivity index (χ4n) is 3.52. The Morgan fingerprint density at radius 1 is 1.17 bits per heavy atom. The maximum absolute atomic E-state index is 12.2. The molecule has 5 heteroatoms. The number of rotatable bonds is 6. The van der Waals surface area contributed by atoms with Gasteiger partial charge in [-0.15, -0.1) is 0 Å². The van der Waals surface area contributed by atoms with Crippen LogP contribution in [0.15, 0.2) is 30.3 Å². The summed E-state index contributed by atoms with van der Waals surface area (Å²) < 4.78 is 5.75. The molecule has 1 aromatic rings. The second-order valence-corrected chi connectivity index (χ2v) is 7.31. The van der Waals surface area contributed by atoms with E-state index in [-0.39, 0.29) is 11.7 Å². The van der Waals surface area contributed by atoms with Crippen molar-refractivity contribution in [3.8, 4) is 0 Å². The van der Waals surface area contributed by atoms with Gasteiger partial charge in [-0.25, -0.2) is 4.79 Å². The van der Waals surface area contributed by atoms with Gasteiger partial charge < -0.3 is 19.4 Å². The molecule has 1 amide bonds. The fraction of sp³-hybridized carbons (Fsp3) is 0.632. The molecule has 0 aliphatic carbocycles. The summed E-state index contributed by atoms with van der Waals surface area (Å²) >= 11 is 0. The summed E-state index contributed by atoms with van der Waals surface area (Å²) in [6.07, 6.45) is 2.82. The van der Waals surface area contributed by atoms with Crippen LogP contribution in [0.5, 0.6) is 0 Å². The molecule has 0 unspecified atom stereocenters. The summed E-state index contributed by atoms with van der Waals surface area (Å²) in [7, 11) is 4.25. The number of piperidine rings is 1. The molecule has 24 heavy (non-hydrogen) atoms. The Morgan fingerprint density at radius 2 is 1.88 bits per heavy atom. The number of amides is 1. The molecule has 0 aromatic heterocycles. The molecule has 0 saturated carbocycles. The van der Waals surface area contributed by atoms with E-state index in [0.717, 1.165) is 58.5 Å². The Bertz CT molecular complexity index is 541. The smallest absolute Gasteiger partial charge is 0.410 e. The summed E-state index contributed by atoms with van der Waals surface area (Å²) in [5.41, 5.74) is 1.13. The van der Waals surface area contributed by atoms with E-state index in [4.69, 9.17) is 4.74 Å². The summed E-state index contributed by atoms with van der Waals surface area (Å²) in [4.78, 5) is 18.7. The van der Waals surface area contributed by atoms with Gasteiger partial charge in [-0.3, -0.25) is 0 Å². The zero-order valence-corrected chi connectivity index (χ0v) is 14.9. The Hall–Kier alpha value is -1.59. The van der Waals surface area contributed by atoms with Gasteiger partial charge >= 0.3 is 6.09 Å². The van der Waals surface area contributed by atoms with Gasteiger partial charge in [0.1, 0.15) is 5.60 Å². The van der Waals surface area contributed by atoms with Crippen LogP contribution in [0.2, 0.25) is 0 Å². The number of carbonyl (C=O) groups excluding carboxylic acids is 1. The van der Waals surface area contributed by atoms with Crippen LogP contribution in [0.1, 0.15) is 18.4 Å². The average molecular weight is 331 g/mol. The molecule has 0 atom stereocenters. The number of likely N-dealkylation sites (N-methyl/N-ethyl adjacent to an activating group) is 1. The van der Waals surface area contributed by atoms with Crippen LogP contribution < -0.4 is 0 Å². The van der Waals surface area contributed by atoms with Crippen molar-refractivity contribution in [3.05, 3.63) is 35.9 Å². The molecule has 0 bridgehead atoms. The molecule has 0 radical (unpaired) electrons. The van der Waals surface area contributed by atoms with Crippen LogP contribution in [0.3, 0.4) is 0 Å². The van der Waals surface area contributed by atoms with Gasteiger partial charge in [-0.2, -0.15) is 0 Å². The number of likely N-dealkylation sites (tertiary alicyclic amines) is 1. The number of nitrogens with zero attached hydrogens (tertiary/aromatic N) is 3. The lowest BCUT2D eigenvalue weighted by Crippen LogP contribution is -2.46. The normalized spacial score (nSPS) is 20.8. The molecular formula is C19H29N3O2. The number of hydrogen-bond acceptors (Lipinski definition) is 4. The maximum atomic E-state index is 12.2. The molecule has 3 rings (SSSR count). The molecular weight excluding hydrogens is 302 g/mol. The van der Waals surface area contributed by atoms with Crippen molar-refractivity contribution in [2.45, 2.75) is 24.9 Å². The minimum Gasteiger partial charge on any atom is -0.441 e. The van der Waals surface area contributed by atoms with Crippen molar-refractivity contribution in [1.82, 2.24) is 14.7 Å². The van der Waals surface area contributed by atoms with E-state index in [1.54, 1.807) is 0 Å². The van der Waals surface area contributed by atoms with Crippen LogP contribution in [-0.4, -0.2) is 79.8 Å². The van der Waals surface area contributed by atoms with E-state index in [1.165, 1.54) is 5.56 Å². The predicted octanol–water partition coefficient (Wildman–Crippen LogP) is 2.08. The zero-order chi connectivity index (χ0) is 17.0. The largest absolute Gasteiger partial charge is 0.441 e. The standard InChI is InChI=1S/C19H29N3O2/c1-20(11-8-17-6-4-3-5-7-17)14-15-22-16-19(24-18(22)23)9-12-21(2)13-10-19/h3-7H,8-16H2,1-2H3. The molecule has 2 heterocycles. The Balaban J connectivity index is 1.42. The Labute approximate surface area is 145 Å². The molecule has 1 aromatic carbocycles. The third kappa shape index (κ3) is 4.28. The molecule has 1 spiro atoms. The molecule has 2 aliphatic rings. The van der Waals surface area contributed by atoms with Crippen LogP contribution in [0.4, 0.5) is 4.79 Å². The highest BCUT2D eigenvalue weighted by Crippen LogP contribution is 2.32. The average Bonchev–Trinajstić information content (AvgIpc) is 2.91. The van der Waals surface area contributed by atoms with Crippen LogP contribution in [-0.2, 0) is 11.2 Å². The highest BCUT2D eigenvalue weighted by Gasteiger charge is 2.46. The van der Waals surface area contributed by atoms with Gasteiger partial charge in [0.25, 0.3) is 0 Å². The second-order valence-electron chi connectivity index (χ2n) is 7.31. The monoisotopic (exact) mass is 331 g/mol. The Kier molecular flexibility index (Phi) is 5.41. The van der Waals surface area contributed by atoms with Crippen molar-refractivity contribution in [2.75, 3.05) is 53.4 Å². The quantitative estimate of drug-likeness (QED) is 0.800. The highest BCUT2D eigenvalue weighted by molar-refractivity contribution is 5.70.